The maximum atomic E-state index is 5.13. The van der Waals surface area contributed by atoms with Crippen LogP contribution in [0.4, 0.5) is 0 Å². The lowest BCUT2D eigenvalue weighted by molar-refractivity contribution is 0.132. The van der Waals surface area contributed by atoms with Crippen molar-refractivity contribution in [2.45, 2.75) is 32.7 Å². The van der Waals surface area contributed by atoms with Crippen molar-refractivity contribution in [2.24, 2.45) is 0 Å². The minimum Gasteiger partial charge on any atom is -0.385 e. The van der Waals surface area contributed by atoms with E-state index in [1.165, 1.54) is 6.42 Å². The molecule has 104 valence electrons. The summed E-state index contributed by atoms with van der Waals surface area (Å²) in [7, 11) is 3.51. The fourth-order valence-corrected chi connectivity index (χ4v) is 1.68. The van der Waals surface area contributed by atoms with Gasteiger partial charge in [0.2, 0.25) is 0 Å². The predicted molar refractivity (Wildman–Crippen MR) is 72.6 cm³/mol. The summed E-state index contributed by atoms with van der Waals surface area (Å²) in [5.74, 6) is 0. The molecule has 1 N–H and O–H groups in total. The zero-order valence-corrected chi connectivity index (χ0v) is 12.0. The molecule has 0 bridgehead atoms. The van der Waals surface area contributed by atoms with Crippen LogP contribution in [0.25, 0.3) is 0 Å². The topological polar surface area (TPSA) is 33.7 Å². The lowest BCUT2D eigenvalue weighted by Gasteiger charge is -2.22. The molecule has 0 aromatic carbocycles. The summed E-state index contributed by atoms with van der Waals surface area (Å²) in [5.41, 5.74) is 0. The second-order valence-corrected chi connectivity index (χ2v) is 4.64. The summed E-state index contributed by atoms with van der Waals surface area (Å²) < 4.78 is 10.2. The summed E-state index contributed by atoms with van der Waals surface area (Å²) in [6.45, 7) is 10.3. The van der Waals surface area contributed by atoms with Gasteiger partial charge in [0.05, 0.1) is 6.61 Å². The predicted octanol–water partition coefficient (Wildman–Crippen LogP) is 1.36. The molecule has 0 amide bonds. The first-order valence-electron chi connectivity index (χ1n) is 6.64. The van der Waals surface area contributed by atoms with Gasteiger partial charge < -0.3 is 19.7 Å². The van der Waals surface area contributed by atoms with E-state index in [1.807, 2.05) is 0 Å². The van der Waals surface area contributed by atoms with Gasteiger partial charge in [-0.25, -0.2) is 0 Å². The molecule has 0 spiro atoms. The SMILES string of the molecule is COCCCN(CCCNC(C)C)CCOC. The van der Waals surface area contributed by atoms with Crippen LogP contribution in [-0.4, -0.2) is 64.6 Å². The Morgan fingerprint density at radius 2 is 1.59 bits per heavy atom. The first-order chi connectivity index (χ1) is 8.20. The molecule has 0 aliphatic carbocycles. The van der Waals surface area contributed by atoms with Crippen LogP contribution in [-0.2, 0) is 9.47 Å². The van der Waals surface area contributed by atoms with Crippen molar-refractivity contribution in [3.8, 4) is 0 Å². The summed E-state index contributed by atoms with van der Waals surface area (Å²) in [6, 6.07) is 0.580. The monoisotopic (exact) mass is 246 g/mol. The molecule has 17 heavy (non-hydrogen) atoms. The Morgan fingerprint density at radius 1 is 0.941 bits per heavy atom. The van der Waals surface area contributed by atoms with E-state index in [1.54, 1.807) is 14.2 Å². The zero-order valence-electron chi connectivity index (χ0n) is 12.0. The maximum absolute atomic E-state index is 5.13. The van der Waals surface area contributed by atoms with Crippen molar-refractivity contribution in [2.75, 3.05) is 53.6 Å². The van der Waals surface area contributed by atoms with Gasteiger partial charge in [-0.1, -0.05) is 13.8 Å². The Hall–Kier alpha value is -0.160. The highest BCUT2D eigenvalue weighted by molar-refractivity contribution is 4.60. The standard InChI is InChI=1S/C13H30N2O2/c1-13(2)14-7-5-8-15(10-12-17-4)9-6-11-16-3/h13-14H,5-12H2,1-4H3. The fraction of sp³-hybridized carbons (Fsp3) is 1.00. The van der Waals surface area contributed by atoms with Gasteiger partial charge in [-0.2, -0.15) is 0 Å². The summed E-state index contributed by atoms with van der Waals surface area (Å²) in [6.07, 6.45) is 2.28. The van der Waals surface area contributed by atoms with Gasteiger partial charge in [0.25, 0.3) is 0 Å². The highest BCUT2D eigenvalue weighted by atomic mass is 16.5. The van der Waals surface area contributed by atoms with Crippen LogP contribution in [0, 0.1) is 0 Å². The largest absolute Gasteiger partial charge is 0.385 e. The van der Waals surface area contributed by atoms with Crippen LogP contribution in [0.2, 0.25) is 0 Å². The molecule has 0 heterocycles. The molecule has 0 saturated carbocycles. The average molecular weight is 246 g/mol. The summed E-state index contributed by atoms with van der Waals surface area (Å²) in [4.78, 5) is 2.45. The number of rotatable bonds is 12. The fourth-order valence-electron chi connectivity index (χ4n) is 1.68. The van der Waals surface area contributed by atoms with E-state index in [-0.39, 0.29) is 0 Å². The Labute approximate surface area is 107 Å². The molecule has 0 aliphatic heterocycles. The van der Waals surface area contributed by atoms with Crippen LogP contribution in [0.15, 0.2) is 0 Å². The second kappa shape index (κ2) is 12.3. The van der Waals surface area contributed by atoms with Crippen molar-refractivity contribution in [1.29, 1.82) is 0 Å². The molecule has 0 aromatic rings. The van der Waals surface area contributed by atoms with Gasteiger partial charge in [0, 0.05) is 40.0 Å². The smallest absolute Gasteiger partial charge is 0.0589 e. The highest BCUT2D eigenvalue weighted by Gasteiger charge is 2.04. The normalized spacial score (nSPS) is 11.6. The molecule has 0 radical (unpaired) electrons. The Bertz CT molecular complexity index is 154. The highest BCUT2D eigenvalue weighted by Crippen LogP contribution is 1.95. The van der Waals surface area contributed by atoms with Crippen molar-refractivity contribution >= 4 is 0 Å². The second-order valence-electron chi connectivity index (χ2n) is 4.64. The minimum atomic E-state index is 0.580. The van der Waals surface area contributed by atoms with E-state index in [2.05, 4.69) is 24.1 Å². The lowest BCUT2D eigenvalue weighted by atomic mass is 10.3. The van der Waals surface area contributed by atoms with Crippen LogP contribution in [0.5, 0.6) is 0 Å². The molecule has 0 unspecified atom stereocenters. The van der Waals surface area contributed by atoms with Crippen LogP contribution in [0.1, 0.15) is 26.7 Å². The van der Waals surface area contributed by atoms with Crippen LogP contribution >= 0.6 is 0 Å². The number of methoxy groups -OCH3 is 2. The first-order valence-corrected chi connectivity index (χ1v) is 6.64. The van der Waals surface area contributed by atoms with E-state index in [0.29, 0.717) is 6.04 Å². The average Bonchev–Trinajstić information content (AvgIpc) is 2.30. The minimum absolute atomic E-state index is 0.580. The third kappa shape index (κ3) is 12.1. The van der Waals surface area contributed by atoms with Gasteiger partial charge in [-0.3, -0.25) is 0 Å². The molecule has 0 saturated heterocycles. The number of ether oxygens (including phenoxy) is 2. The van der Waals surface area contributed by atoms with E-state index in [9.17, 15) is 0 Å². The quantitative estimate of drug-likeness (QED) is 0.527. The molecule has 0 aliphatic rings. The van der Waals surface area contributed by atoms with E-state index in [0.717, 1.165) is 45.8 Å². The third-order valence-electron chi connectivity index (χ3n) is 2.64. The molecule has 4 heteroatoms. The number of nitrogens with one attached hydrogen (secondary N) is 1. The molecule has 0 aromatic heterocycles. The van der Waals surface area contributed by atoms with Gasteiger partial charge in [0.1, 0.15) is 0 Å². The molecule has 0 rings (SSSR count). The van der Waals surface area contributed by atoms with Crippen LogP contribution < -0.4 is 5.32 Å². The van der Waals surface area contributed by atoms with E-state index >= 15 is 0 Å². The molecule has 4 nitrogen and oxygen atoms in total. The molecular formula is C13H30N2O2. The first kappa shape index (κ1) is 16.8. The maximum Gasteiger partial charge on any atom is 0.0589 e. The van der Waals surface area contributed by atoms with Gasteiger partial charge in [-0.15, -0.1) is 0 Å². The third-order valence-corrected chi connectivity index (χ3v) is 2.64. The molecular weight excluding hydrogens is 216 g/mol. The van der Waals surface area contributed by atoms with Crippen molar-refractivity contribution in [3.05, 3.63) is 0 Å². The number of hydrogen-bond donors (Lipinski definition) is 1. The lowest BCUT2D eigenvalue weighted by Crippen LogP contribution is -2.33. The van der Waals surface area contributed by atoms with E-state index < -0.39 is 0 Å². The van der Waals surface area contributed by atoms with Gasteiger partial charge in [-0.05, 0) is 25.9 Å². The summed E-state index contributed by atoms with van der Waals surface area (Å²) in [5, 5.41) is 3.44. The zero-order chi connectivity index (χ0) is 12.9. The van der Waals surface area contributed by atoms with Gasteiger partial charge >= 0.3 is 0 Å². The van der Waals surface area contributed by atoms with Crippen molar-refractivity contribution < 1.29 is 9.47 Å². The van der Waals surface area contributed by atoms with Crippen molar-refractivity contribution in [1.82, 2.24) is 10.2 Å². The molecule has 0 atom stereocenters. The Morgan fingerprint density at radius 3 is 2.18 bits per heavy atom. The Balaban J connectivity index is 3.60. The Kier molecular flexibility index (Phi) is 12.2. The number of hydrogen-bond acceptors (Lipinski definition) is 4. The molecule has 0 fully saturated rings. The van der Waals surface area contributed by atoms with Crippen molar-refractivity contribution in [3.63, 3.8) is 0 Å². The summed E-state index contributed by atoms with van der Waals surface area (Å²) >= 11 is 0. The van der Waals surface area contributed by atoms with Crippen LogP contribution in [0.3, 0.4) is 0 Å². The number of nitrogens with zero attached hydrogens (tertiary/aromatic N) is 1. The van der Waals surface area contributed by atoms with E-state index in [4.69, 9.17) is 9.47 Å². The van der Waals surface area contributed by atoms with Gasteiger partial charge in [0.15, 0.2) is 0 Å².